The lowest BCUT2D eigenvalue weighted by atomic mass is 10.0. The topological polar surface area (TPSA) is 78.4 Å². The lowest BCUT2D eigenvalue weighted by Crippen LogP contribution is -2.29. The number of urea groups is 1. The first-order valence-electron chi connectivity index (χ1n) is 10.1. The maximum absolute atomic E-state index is 12.4. The molecule has 3 aromatic rings. The van der Waals surface area contributed by atoms with Gasteiger partial charge in [0.2, 0.25) is 0 Å². The van der Waals surface area contributed by atoms with Gasteiger partial charge in [0, 0.05) is 18.5 Å². The third kappa shape index (κ3) is 6.21. The van der Waals surface area contributed by atoms with E-state index in [0.29, 0.717) is 18.7 Å². The smallest absolute Gasteiger partial charge is 0.319 e. The Morgan fingerprint density at radius 2 is 1.40 bits per heavy atom. The van der Waals surface area contributed by atoms with E-state index in [2.05, 4.69) is 10.6 Å². The molecule has 5 nitrogen and oxygen atoms in total. The number of hydrogen-bond acceptors (Lipinski definition) is 3. The number of para-hydroxylation sites is 2. The molecule has 0 saturated heterocycles. The second-order valence-corrected chi connectivity index (χ2v) is 7.08. The van der Waals surface area contributed by atoms with Crippen molar-refractivity contribution in [1.82, 2.24) is 5.32 Å². The van der Waals surface area contributed by atoms with Gasteiger partial charge in [0.1, 0.15) is 5.75 Å². The van der Waals surface area contributed by atoms with Crippen molar-refractivity contribution in [3.05, 3.63) is 84.4 Å². The van der Waals surface area contributed by atoms with Crippen molar-refractivity contribution in [3.8, 4) is 16.9 Å². The number of Topliss-reactive ketones (excluding diaryl/α,β-unsaturated/α-hetero) is 1. The number of phenols is 1. The fourth-order valence-electron chi connectivity index (χ4n) is 3.16. The molecule has 3 aromatic carbocycles. The molecule has 3 N–H and O–H groups in total. The molecule has 0 aromatic heterocycles. The first kappa shape index (κ1) is 21.1. The molecule has 3 rings (SSSR count). The van der Waals surface area contributed by atoms with Crippen molar-refractivity contribution >= 4 is 17.5 Å². The molecule has 0 saturated carbocycles. The first-order valence-corrected chi connectivity index (χ1v) is 10.1. The second-order valence-electron chi connectivity index (χ2n) is 7.08. The number of nitrogens with one attached hydrogen (secondary N) is 2. The van der Waals surface area contributed by atoms with Crippen LogP contribution < -0.4 is 10.6 Å². The van der Waals surface area contributed by atoms with Gasteiger partial charge in [0.25, 0.3) is 0 Å². The summed E-state index contributed by atoms with van der Waals surface area (Å²) in [5.41, 5.74) is 3.34. The zero-order chi connectivity index (χ0) is 21.2. The first-order chi connectivity index (χ1) is 14.6. The van der Waals surface area contributed by atoms with E-state index in [1.165, 1.54) is 6.07 Å². The zero-order valence-electron chi connectivity index (χ0n) is 16.8. The molecule has 0 atom stereocenters. The van der Waals surface area contributed by atoms with Crippen molar-refractivity contribution in [2.45, 2.75) is 25.7 Å². The molecule has 0 spiro atoms. The minimum absolute atomic E-state index is 0.0305. The number of carbonyl (C=O) groups is 2. The lowest BCUT2D eigenvalue weighted by molar-refractivity contribution is 0.0979. The Labute approximate surface area is 176 Å². The van der Waals surface area contributed by atoms with Crippen molar-refractivity contribution in [3.63, 3.8) is 0 Å². The molecule has 0 aliphatic carbocycles. The standard InChI is InChI=1S/C25H26N2O3/c28-23(21-16-14-20(15-17-21)19-9-3-1-4-10-19)12-5-2-8-18-26-25(30)27-22-11-6-7-13-24(22)29/h1,3-4,6-7,9-11,13-17,29H,2,5,8,12,18H2,(H2,26,27,30). The number of phenolic OH excluding ortho intramolecular Hbond substituents is 1. The lowest BCUT2D eigenvalue weighted by Gasteiger charge is -2.08. The van der Waals surface area contributed by atoms with Crippen LogP contribution in [0.4, 0.5) is 10.5 Å². The largest absolute Gasteiger partial charge is 0.506 e. The van der Waals surface area contributed by atoms with E-state index < -0.39 is 0 Å². The Kier molecular flexibility index (Phi) is 7.61. The Morgan fingerprint density at radius 3 is 2.13 bits per heavy atom. The molecule has 154 valence electrons. The Bertz CT molecular complexity index is 969. The fraction of sp³-hybridized carbons (Fsp3) is 0.200. The average molecular weight is 402 g/mol. The van der Waals surface area contributed by atoms with E-state index in [1.807, 2.05) is 54.6 Å². The molecule has 5 heteroatoms. The van der Waals surface area contributed by atoms with Crippen LogP contribution in [0, 0.1) is 0 Å². The maximum Gasteiger partial charge on any atom is 0.319 e. The van der Waals surface area contributed by atoms with E-state index in [-0.39, 0.29) is 17.6 Å². The van der Waals surface area contributed by atoms with Crippen LogP contribution >= 0.6 is 0 Å². The molecule has 0 radical (unpaired) electrons. The highest BCUT2D eigenvalue weighted by Crippen LogP contribution is 2.21. The van der Waals surface area contributed by atoms with E-state index in [4.69, 9.17) is 0 Å². The quantitative estimate of drug-likeness (QED) is 0.247. The Balaban J connectivity index is 1.33. The summed E-state index contributed by atoms with van der Waals surface area (Å²) in [4.78, 5) is 24.2. The summed E-state index contributed by atoms with van der Waals surface area (Å²) >= 11 is 0. The highest BCUT2D eigenvalue weighted by Gasteiger charge is 2.07. The number of rotatable bonds is 9. The van der Waals surface area contributed by atoms with Gasteiger partial charge in [0.05, 0.1) is 5.69 Å². The summed E-state index contributed by atoms with van der Waals surface area (Å²) in [6, 6.07) is 24.0. The summed E-state index contributed by atoms with van der Waals surface area (Å²) in [6.45, 7) is 0.513. The van der Waals surface area contributed by atoms with Crippen LogP contribution in [0.1, 0.15) is 36.0 Å². The predicted octanol–water partition coefficient (Wildman–Crippen LogP) is 5.62. The van der Waals surface area contributed by atoms with Crippen molar-refractivity contribution in [2.75, 3.05) is 11.9 Å². The van der Waals surface area contributed by atoms with Gasteiger partial charge in [-0.3, -0.25) is 4.79 Å². The summed E-state index contributed by atoms with van der Waals surface area (Å²) in [6.07, 6.45) is 2.91. The predicted molar refractivity (Wildman–Crippen MR) is 120 cm³/mol. The fourth-order valence-corrected chi connectivity index (χ4v) is 3.16. The molecule has 0 aliphatic rings. The monoisotopic (exact) mass is 402 g/mol. The zero-order valence-corrected chi connectivity index (χ0v) is 16.8. The number of anilines is 1. The van der Waals surface area contributed by atoms with Gasteiger partial charge in [0.15, 0.2) is 5.78 Å². The number of benzene rings is 3. The molecular formula is C25H26N2O3. The van der Waals surface area contributed by atoms with E-state index in [9.17, 15) is 14.7 Å². The normalized spacial score (nSPS) is 10.4. The van der Waals surface area contributed by atoms with Crippen molar-refractivity contribution in [1.29, 1.82) is 0 Å². The molecule has 0 unspecified atom stereocenters. The summed E-state index contributed by atoms with van der Waals surface area (Å²) < 4.78 is 0. The van der Waals surface area contributed by atoms with Crippen LogP contribution in [0.3, 0.4) is 0 Å². The van der Waals surface area contributed by atoms with Gasteiger partial charge in [-0.1, -0.05) is 73.2 Å². The van der Waals surface area contributed by atoms with Gasteiger partial charge in [-0.05, 0) is 36.1 Å². The summed E-state index contributed by atoms with van der Waals surface area (Å²) in [5, 5.41) is 15.0. The van der Waals surface area contributed by atoms with Gasteiger partial charge in [-0.15, -0.1) is 0 Å². The van der Waals surface area contributed by atoms with E-state index in [1.54, 1.807) is 18.2 Å². The summed E-state index contributed by atoms with van der Waals surface area (Å²) in [5.74, 6) is 0.169. The van der Waals surface area contributed by atoms with Gasteiger partial charge in [-0.2, -0.15) is 0 Å². The maximum atomic E-state index is 12.4. The van der Waals surface area contributed by atoms with E-state index >= 15 is 0 Å². The number of carbonyl (C=O) groups excluding carboxylic acids is 2. The van der Waals surface area contributed by atoms with Gasteiger partial charge >= 0.3 is 6.03 Å². The SMILES string of the molecule is O=C(NCCCCCC(=O)c1ccc(-c2ccccc2)cc1)Nc1ccccc1O. The van der Waals surface area contributed by atoms with Crippen LogP contribution in [-0.2, 0) is 0 Å². The Hall–Kier alpha value is -3.60. The highest BCUT2D eigenvalue weighted by molar-refractivity contribution is 5.96. The molecule has 0 heterocycles. The molecule has 2 amide bonds. The number of amides is 2. The number of unbranched alkanes of at least 4 members (excludes halogenated alkanes) is 2. The molecular weight excluding hydrogens is 376 g/mol. The third-order valence-electron chi connectivity index (χ3n) is 4.83. The minimum Gasteiger partial charge on any atom is -0.506 e. The van der Waals surface area contributed by atoms with Crippen molar-refractivity contribution in [2.24, 2.45) is 0 Å². The number of aromatic hydroxyl groups is 1. The highest BCUT2D eigenvalue weighted by atomic mass is 16.3. The molecule has 0 fully saturated rings. The van der Waals surface area contributed by atoms with Crippen LogP contribution in [0.25, 0.3) is 11.1 Å². The Morgan fingerprint density at radius 1 is 0.733 bits per heavy atom. The van der Waals surface area contributed by atoms with E-state index in [0.717, 1.165) is 36.0 Å². The number of hydrogen-bond donors (Lipinski definition) is 3. The molecule has 0 aliphatic heterocycles. The van der Waals surface area contributed by atoms with Crippen molar-refractivity contribution < 1.29 is 14.7 Å². The second kappa shape index (κ2) is 10.8. The molecule has 0 bridgehead atoms. The van der Waals surface area contributed by atoms with Crippen LogP contribution in [-0.4, -0.2) is 23.5 Å². The van der Waals surface area contributed by atoms with Crippen LogP contribution in [0.5, 0.6) is 5.75 Å². The minimum atomic E-state index is -0.355. The molecule has 30 heavy (non-hydrogen) atoms. The number of ketones is 1. The summed E-state index contributed by atoms with van der Waals surface area (Å²) in [7, 11) is 0. The van der Waals surface area contributed by atoms with Gasteiger partial charge in [-0.25, -0.2) is 4.79 Å². The van der Waals surface area contributed by atoms with Crippen LogP contribution in [0.2, 0.25) is 0 Å². The van der Waals surface area contributed by atoms with Gasteiger partial charge < -0.3 is 15.7 Å². The van der Waals surface area contributed by atoms with Crippen LogP contribution in [0.15, 0.2) is 78.9 Å². The third-order valence-corrected chi connectivity index (χ3v) is 4.83. The average Bonchev–Trinajstić information content (AvgIpc) is 2.78.